The van der Waals surface area contributed by atoms with E-state index in [0.717, 1.165) is 27.5 Å². The first-order valence-electron chi connectivity index (χ1n) is 9.93. The molecule has 2 saturated heterocycles. The van der Waals surface area contributed by atoms with Gasteiger partial charge in [0.25, 0.3) is 11.8 Å². The number of likely N-dealkylation sites (N-methyl/N-ethyl adjacent to an activating group) is 1. The molecule has 2 fully saturated rings. The molecule has 0 unspecified atom stereocenters. The summed E-state index contributed by atoms with van der Waals surface area (Å²) in [7, 11) is 1.54. The Morgan fingerprint density at radius 2 is 1.83 bits per heavy atom. The van der Waals surface area contributed by atoms with E-state index in [1.807, 2.05) is 31.2 Å². The van der Waals surface area contributed by atoms with Gasteiger partial charge in [-0.3, -0.25) is 19.3 Å². The summed E-state index contributed by atoms with van der Waals surface area (Å²) in [5.41, 5.74) is 1.95. The zero-order valence-electron chi connectivity index (χ0n) is 16.9. The number of quaternary nitrogens is 1. The number of nitrogens with zero attached hydrogens (tertiary/aromatic N) is 3. The third kappa shape index (κ3) is 4.92. The molecule has 0 atom stereocenters. The zero-order chi connectivity index (χ0) is 21.0. The molecule has 0 spiro atoms. The molecule has 1 aromatic carbocycles. The predicted molar refractivity (Wildman–Crippen MR) is 106 cm³/mol. The molecule has 1 aromatic rings. The molecule has 2 aliphatic rings. The van der Waals surface area contributed by atoms with Crippen LogP contribution < -0.4 is 10.2 Å². The molecule has 0 bridgehead atoms. The second-order valence-corrected chi connectivity index (χ2v) is 7.48. The van der Waals surface area contributed by atoms with Crippen molar-refractivity contribution in [3.8, 4) is 0 Å². The number of para-hydroxylation sites is 1. The van der Waals surface area contributed by atoms with Crippen LogP contribution in [0.3, 0.4) is 0 Å². The van der Waals surface area contributed by atoms with Gasteiger partial charge in [0.1, 0.15) is 13.1 Å². The van der Waals surface area contributed by atoms with Gasteiger partial charge < -0.3 is 20.0 Å². The SMILES string of the molecule is CCc1ccccc1NC(=O)C[NH+]1CCN(C(=O)CN2C(=O)CN(C)C2=O)CC1. The summed E-state index contributed by atoms with van der Waals surface area (Å²) in [4.78, 5) is 53.7. The van der Waals surface area contributed by atoms with Crippen LogP contribution in [0, 0.1) is 0 Å². The maximum absolute atomic E-state index is 12.5. The molecule has 3 rings (SSSR count). The minimum absolute atomic E-state index is 0.0142. The van der Waals surface area contributed by atoms with Crippen molar-refractivity contribution in [1.82, 2.24) is 14.7 Å². The highest BCUT2D eigenvalue weighted by Crippen LogP contribution is 2.15. The Hall–Kier alpha value is -2.94. The summed E-state index contributed by atoms with van der Waals surface area (Å²) < 4.78 is 0. The van der Waals surface area contributed by atoms with Crippen molar-refractivity contribution >= 4 is 29.4 Å². The minimum atomic E-state index is -0.434. The molecule has 2 aliphatic heterocycles. The number of benzene rings is 1. The van der Waals surface area contributed by atoms with Gasteiger partial charge in [-0.15, -0.1) is 0 Å². The Bertz CT molecular complexity index is 804. The number of imide groups is 1. The molecule has 0 aliphatic carbocycles. The lowest BCUT2D eigenvalue weighted by Gasteiger charge is -2.32. The Morgan fingerprint density at radius 1 is 1.14 bits per heavy atom. The van der Waals surface area contributed by atoms with Crippen LogP contribution in [0.4, 0.5) is 10.5 Å². The average molecular weight is 402 g/mol. The van der Waals surface area contributed by atoms with Crippen molar-refractivity contribution < 1.29 is 24.1 Å². The summed E-state index contributed by atoms with van der Waals surface area (Å²) in [5, 5.41) is 2.98. The van der Waals surface area contributed by atoms with E-state index >= 15 is 0 Å². The van der Waals surface area contributed by atoms with Crippen LogP contribution in [-0.2, 0) is 20.8 Å². The van der Waals surface area contributed by atoms with Crippen molar-refractivity contribution in [3.05, 3.63) is 29.8 Å². The Balaban J connectivity index is 1.45. The number of anilines is 1. The van der Waals surface area contributed by atoms with E-state index < -0.39 is 6.03 Å². The monoisotopic (exact) mass is 402 g/mol. The Morgan fingerprint density at radius 3 is 2.45 bits per heavy atom. The number of urea groups is 1. The van der Waals surface area contributed by atoms with Crippen molar-refractivity contribution in [2.75, 3.05) is 58.2 Å². The molecule has 2 N–H and O–H groups in total. The highest BCUT2D eigenvalue weighted by molar-refractivity contribution is 6.04. The Labute approximate surface area is 170 Å². The third-order valence-electron chi connectivity index (χ3n) is 5.43. The largest absolute Gasteiger partial charge is 0.330 e. The maximum atomic E-state index is 12.5. The van der Waals surface area contributed by atoms with Crippen LogP contribution in [-0.4, -0.2) is 91.3 Å². The van der Waals surface area contributed by atoms with Crippen LogP contribution in [0.25, 0.3) is 0 Å². The summed E-state index contributed by atoms with van der Waals surface area (Å²) >= 11 is 0. The van der Waals surface area contributed by atoms with Crippen LogP contribution in [0.2, 0.25) is 0 Å². The number of nitrogens with one attached hydrogen (secondary N) is 2. The van der Waals surface area contributed by atoms with E-state index in [9.17, 15) is 19.2 Å². The third-order valence-corrected chi connectivity index (χ3v) is 5.43. The molecule has 9 heteroatoms. The van der Waals surface area contributed by atoms with Gasteiger partial charge in [-0.2, -0.15) is 0 Å². The summed E-state index contributed by atoms with van der Waals surface area (Å²) in [6, 6.07) is 7.33. The van der Waals surface area contributed by atoms with Gasteiger partial charge in [-0.05, 0) is 18.1 Å². The van der Waals surface area contributed by atoms with Crippen molar-refractivity contribution in [2.24, 2.45) is 0 Å². The van der Waals surface area contributed by atoms with Gasteiger partial charge in [0.2, 0.25) is 5.91 Å². The fourth-order valence-electron chi connectivity index (χ4n) is 3.68. The number of piperazine rings is 1. The standard InChI is InChI=1S/C20H27N5O4/c1-3-15-6-4-5-7-16(15)21-17(26)12-23-8-10-24(11-9-23)18(27)14-25-19(28)13-22(2)20(25)29/h4-7H,3,8-14H2,1-2H3,(H,21,26)/p+1. The number of aryl methyl sites for hydroxylation is 1. The topological polar surface area (TPSA) is 94.5 Å². The summed E-state index contributed by atoms with van der Waals surface area (Å²) in [5.74, 6) is -0.626. The molecule has 2 heterocycles. The van der Waals surface area contributed by atoms with Gasteiger partial charge in [0, 0.05) is 12.7 Å². The number of carbonyl (C=O) groups excluding carboxylic acids is 4. The van der Waals surface area contributed by atoms with Gasteiger partial charge >= 0.3 is 6.03 Å². The van der Waals surface area contributed by atoms with Gasteiger partial charge in [-0.25, -0.2) is 4.79 Å². The smallest absolute Gasteiger partial charge is 0.327 e. The molecule has 0 radical (unpaired) electrons. The zero-order valence-corrected chi connectivity index (χ0v) is 16.9. The summed E-state index contributed by atoms with van der Waals surface area (Å²) in [6.45, 7) is 4.48. The van der Waals surface area contributed by atoms with E-state index in [4.69, 9.17) is 0 Å². The number of hydrogen-bond donors (Lipinski definition) is 2. The van der Waals surface area contributed by atoms with E-state index in [0.29, 0.717) is 32.7 Å². The van der Waals surface area contributed by atoms with E-state index in [1.165, 1.54) is 11.9 Å². The normalized spacial score (nSPS) is 17.8. The number of rotatable bonds is 6. The van der Waals surface area contributed by atoms with Crippen LogP contribution in [0.5, 0.6) is 0 Å². The predicted octanol–water partition coefficient (Wildman–Crippen LogP) is -1.19. The lowest BCUT2D eigenvalue weighted by molar-refractivity contribution is -0.895. The van der Waals surface area contributed by atoms with Gasteiger partial charge in [0.15, 0.2) is 6.54 Å². The van der Waals surface area contributed by atoms with Crippen LogP contribution in [0.15, 0.2) is 24.3 Å². The summed E-state index contributed by atoms with van der Waals surface area (Å²) in [6.07, 6.45) is 0.849. The average Bonchev–Trinajstić information content (AvgIpc) is 2.95. The molecular formula is C20H28N5O4+. The highest BCUT2D eigenvalue weighted by Gasteiger charge is 2.36. The number of amides is 5. The number of carbonyl (C=O) groups is 4. The van der Waals surface area contributed by atoms with E-state index in [-0.39, 0.29) is 30.8 Å². The fourth-order valence-corrected chi connectivity index (χ4v) is 3.68. The second kappa shape index (κ2) is 9.04. The molecular weight excluding hydrogens is 374 g/mol. The van der Waals surface area contributed by atoms with Gasteiger partial charge in [-0.1, -0.05) is 25.1 Å². The molecule has 29 heavy (non-hydrogen) atoms. The van der Waals surface area contributed by atoms with Gasteiger partial charge in [0.05, 0.1) is 26.2 Å². The molecule has 5 amide bonds. The minimum Gasteiger partial charge on any atom is -0.330 e. The van der Waals surface area contributed by atoms with Crippen LogP contribution >= 0.6 is 0 Å². The number of hydrogen-bond acceptors (Lipinski definition) is 4. The van der Waals surface area contributed by atoms with Crippen LogP contribution in [0.1, 0.15) is 12.5 Å². The van der Waals surface area contributed by atoms with E-state index in [2.05, 4.69) is 5.32 Å². The van der Waals surface area contributed by atoms with E-state index in [1.54, 1.807) is 4.90 Å². The quantitative estimate of drug-likeness (QED) is 0.585. The van der Waals surface area contributed by atoms with Crippen molar-refractivity contribution in [2.45, 2.75) is 13.3 Å². The first-order chi connectivity index (χ1) is 13.9. The highest BCUT2D eigenvalue weighted by atomic mass is 16.2. The van der Waals surface area contributed by atoms with Crippen molar-refractivity contribution in [3.63, 3.8) is 0 Å². The second-order valence-electron chi connectivity index (χ2n) is 7.48. The van der Waals surface area contributed by atoms with Crippen molar-refractivity contribution in [1.29, 1.82) is 0 Å². The first-order valence-corrected chi connectivity index (χ1v) is 9.93. The lowest BCUT2D eigenvalue weighted by Crippen LogP contribution is -3.15. The first kappa shape index (κ1) is 20.8. The maximum Gasteiger partial charge on any atom is 0.327 e. The Kier molecular flexibility index (Phi) is 6.48. The molecule has 0 aromatic heterocycles. The fraction of sp³-hybridized carbons (Fsp3) is 0.500. The molecule has 0 saturated carbocycles. The lowest BCUT2D eigenvalue weighted by atomic mass is 10.1. The molecule has 156 valence electrons. The molecule has 9 nitrogen and oxygen atoms in total.